The summed E-state index contributed by atoms with van der Waals surface area (Å²) in [6, 6.07) is 3.81. The first kappa shape index (κ1) is 5.95. The standard InChI is InChI=1S/C7H9N2O/c1-2-6(10-5-1)7-8-3-4-9-7/h1-2,5,8-9H,3-4H2. The summed E-state index contributed by atoms with van der Waals surface area (Å²) in [5, 5.41) is 6.34. The van der Waals surface area contributed by atoms with Gasteiger partial charge in [-0.2, -0.15) is 0 Å². The van der Waals surface area contributed by atoms with E-state index in [1.807, 2.05) is 12.1 Å². The maximum Gasteiger partial charge on any atom is 0.168 e. The molecule has 1 aromatic rings. The lowest BCUT2D eigenvalue weighted by atomic mass is 10.4. The van der Waals surface area contributed by atoms with E-state index in [9.17, 15) is 0 Å². The Labute approximate surface area is 59.4 Å². The molecule has 1 aromatic heterocycles. The Kier molecular flexibility index (Phi) is 1.45. The van der Waals surface area contributed by atoms with E-state index in [4.69, 9.17) is 4.42 Å². The molecule has 3 nitrogen and oxygen atoms in total. The summed E-state index contributed by atoms with van der Waals surface area (Å²) in [4.78, 5) is 0. The van der Waals surface area contributed by atoms with Crippen LogP contribution in [0.2, 0.25) is 0 Å². The van der Waals surface area contributed by atoms with Crippen LogP contribution in [0, 0.1) is 6.17 Å². The predicted molar refractivity (Wildman–Crippen MR) is 37.1 cm³/mol. The molecule has 2 heterocycles. The summed E-state index contributed by atoms with van der Waals surface area (Å²) in [7, 11) is 0. The zero-order valence-corrected chi connectivity index (χ0v) is 5.55. The van der Waals surface area contributed by atoms with Crippen molar-refractivity contribution in [3.63, 3.8) is 0 Å². The number of rotatable bonds is 1. The minimum Gasteiger partial charge on any atom is -0.466 e. The molecule has 0 aliphatic carbocycles. The Bertz CT molecular complexity index is 189. The molecular weight excluding hydrogens is 128 g/mol. The molecule has 0 saturated carbocycles. The minimum absolute atomic E-state index is 0.887. The third-order valence-electron chi connectivity index (χ3n) is 1.50. The van der Waals surface area contributed by atoms with Gasteiger partial charge in [0.05, 0.1) is 6.26 Å². The second-order valence-corrected chi connectivity index (χ2v) is 2.21. The molecule has 0 unspecified atom stereocenters. The van der Waals surface area contributed by atoms with Crippen molar-refractivity contribution in [2.24, 2.45) is 0 Å². The van der Waals surface area contributed by atoms with Gasteiger partial charge < -0.3 is 4.42 Å². The van der Waals surface area contributed by atoms with Crippen LogP contribution < -0.4 is 10.6 Å². The van der Waals surface area contributed by atoms with Gasteiger partial charge in [-0.3, -0.25) is 10.6 Å². The SMILES string of the molecule is c1coc([C]2NCCN2)c1. The van der Waals surface area contributed by atoms with Crippen molar-refractivity contribution in [2.45, 2.75) is 0 Å². The van der Waals surface area contributed by atoms with Crippen LogP contribution in [0.15, 0.2) is 22.8 Å². The van der Waals surface area contributed by atoms with E-state index < -0.39 is 0 Å². The van der Waals surface area contributed by atoms with Gasteiger partial charge in [0.25, 0.3) is 0 Å². The average molecular weight is 137 g/mol. The molecule has 2 rings (SSSR count). The molecular formula is C7H9N2O. The maximum atomic E-state index is 5.16. The molecule has 0 atom stereocenters. The second kappa shape index (κ2) is 2.44. The van der Waals surface area contributed by atoms with Crippen LogP contribution in [0.5, 0.6) is 0 Å². The number of nitrogens with one attached hydrogen (secondary N) is 2. The predicted octanol–water partition coefficient (Wildman–Crippen LogP) is 0.310. The van der Waals surface area contributed by atoms with Crippen LogP contribution in [0.1, 0.15) is 5.76 Å². The third-order valence-corrected chi connectivity index (χ3v) is 1.50. The molecule has 0 spiro atoms. The Morgan fingerprint density at radius 3 is 2.70 bits per heavy atom. The molecule has 1 aliphatic heterocycles. The Hall–Kier alpha value is -0.800. The van der Waals surface area contributed by atoms with Gasteiger partial charge in [0.2, 0.25) is 0 Å². The molecule has 0 bridgehead atoms. The van der Waals surface area contributed by atoms with Crippen LogP contribution in [0.3, 0.4) is 0 Å². The first-order chi connectivity index (χ1) is 4.97. The van der Waals surface area contributed by atoms with Gasteiger partial charge >= 0.3 is 0 Å². The van der Waals surface area contributed by atoms with Crippen LogP contribution in [0.4, 0.5) is 0 Å². The van der Waals surface area contributed by atoms with Crippen molar-refractivity contribution < 1.29 is 4.42 Å². The molecule has 1 fully saturated rings. The van der Waals surface area contributed by atoms with E-state index in [1.165, 1.54) is 0 Å². The zero-order chi connectivity index (χ0) is 6.81. The molecule has 3 heteroatoms. The maximum absolute atomic E-state index is 5.16. The van der Waals surface area contributed by atoms with E-state index in [0.717, 1.165) is 25.0 Å². The topological polar surface area (TPSA) is 37.2 Å². The van der Waals surface area contributed by atoms with Crippen molar-refractivity contribution in [2.75, 3.05) is 13.1 Å². The Morgan fingerprint density at radius 1 is 1.30 bits per heavy atom. The van der Waals surface area contributed by atoms with E-state index in [0.29, 0.717) is 0 Å². The number of hydrogen-bond donors (Lipinski definition) is 2. The fourth-order valence-corrected chi connectivity index (χ4v) is 1.03. The Balaban J connectivity index is 2.12. The lowest BCUT2D eigenvalue weighted by Gasteiger charge is -2.03. The highest BCUT2D eigenvalue weighted by atomic mass is 16.3. The molecule has 1 saturated heterocycles. The van der Waals surface area contributed by atoms with Crippen molar-refractivity contribution in [1.29, 1.82) is 0 Å². The highest BCUT2D eigenvalue weighted by Gasteiger charge is 2.18. The van der Waals surface area contributed by atoms with Gasteiger partial charge in [0.1, 0.15) is 5.76 Å². The van der Waals surface area contributed by atoms with Gasteiger partial charge in [-0.05, 0) is 12.1 Å². The number of furan rings is 1. The van der Waals surface area contributed by atoms with Gasteiger partial charge in [-0.1, -0.05) is 0 Å². The highest BCUT2D eigenvalue weighted by Crippen LogP contribution is 2.10. The largest absolute Gasteiger partial charge is 0.466 e. The van der Waals surface area contributed by atoms with E-state index >= 15 is 0 Å². The van der Waals surface area contributed by atoms with Crippen LogP contribution in [-0.2, 0) is 0 Å². The number of hydrogen-bond acceptors (Lipinski definition) is 3. The van der Waals surface area contributed by atoms with E-state index in [-0.39, 0.29) is 0 Å². The van der Waals surface area contributed by atoms with Crippen molar-refractivity contribution in [3.05, 3.63) is 30.3 Å². The summed E-state index contributed by atoms with van der Waals surface area (Å²) in [5.74, 6) is 0.887. The second-order valence-electron chi connectivity index (χ2n) is 2.21. The lowest BCUT2D eigenvalue weighted by molar-refractivity contribution is 0.503. The molecule has 0 amide bonds. The average Bonchev–Trinajstić information content (AvgIpc) is 2.59. The van der Waals surface area contributed by atoms with Crippen LogP contribution in [0.25, 0.3) is 0 Å². The first-order valence-electron chi connectivity index (χ1n) is 3.35. The van der Waals surface area contributed by atoms with Crippen LogP contribution in [-0.4, -0.2) is 13.1 Å². The third kappa shape index (κ3) is 0.936. The summed E-state index contributed by atoms with van der Waals surface area (Å²) in [6.07, 6.45) is 2.68. The normalized spacial score (nSPS) is 20.0. The first-order valence-corrected chi connectivity index (χ1v) is 3.35. The smallest absolute Gasteiger partial charge is 0.168 e. The van der Waals surface area contributed by atoms with E-state index in [1.54, 1.807) is 6.26 Å². The molecule has 10 heavy (non-hydrogen) atoms. The quantitative estimate of drug-likeness (QED) is 0.585. The fourth-order valence-electron chi connectivity index (χ4n) is 1.03. The summed E-state index contributed by atoms with van der Waals surface area (Å²) < 4.78 is 5.16. The summed E-state index contributed by atoms with van der Waals surface area (Å²) >= 11 is 0. The molecule has 53 valence electrons. The summed E-state index contributed by atoms with van der Waals surface area (Å²) in [5.41, 5.74) is 0. The van der Waals surface area contributed by atoms with Gasteiger partial charge in [-0.25, -0.2) is 0 Å². The fraction of sp³-hybridized carbons (Fsp3) is 0.286. The molecule has 1 aliphatic rings. The van der Waals surface area contributed by atoms with Gasteiger partial charge in [0, 0.05) is 13.1 Å². The molecule has 2 N–H and O–H groups in total. The van der Waals surface area contributed by atoms with Gasteiger partial charge in [0.15, 0.2) is 6.17 Å². The zero-order valence-electron chi connectivity index (χ0n) is 5.55. The Morgan fingerprint density at radius 2 is 2.10 bits per heavy atom. The van der Waals surface area contributed by atoms with Crippen molar-refractivity contribution in [3.8, 4) is 0 Å². The van der Waals surface area contributed by atoms with Crippen molar-refractivity contribution in [1.82, 2.24) is 10.6 Å². The highest BCUT2D eigenvalue weighted by molar-refractivity contribution is 5.18. The van der Waals surface area contributed by atoms with Crippen LogP contribution >= 0.6 is 0 Å². The molecule has 0 aromatic carbocycles. The monoisotopic (exact) mass is 137 g/mol. The lowest BCUT2D eigenvalue weighted by Crippen LogP contribution is -2.21. The van der Waals surface area contributed by atoms with Gasteiger partial charge in [-0.15, -0.1) is 0 Å². The van der Waals surface area contributed by atoms with E-state index in [2.05, 4.69) is 10.6 Å². The molecule has 1 radical (unpaired) electrons. The van der Waals surface area contributed by atoms with Crippen molar-refractivity contribution >= 4 is 0 Å². The minimum atomic E-state index is 0.887. The summed E-state index contributed by atoms with van der Waals surface area (Å²) in [6.45, 7) is 1.96.